The first-order valence-corrected chi connectivity index (χ1v) is 7.51. The highest BCUT2D eigenvalue weighted by Crippen LogP contribution is 2.05. The average Bonchev–Trinajstić information content (AvgIpc) is 2.48. The lowest BCUT2D eigenvalue weighted by atomic mass is 10.3. The van der Waals surface area contributed by atoms with Crippen molar-refractivity contribution in [2.45, 2.75) is 26.2 Å². The maximum absolute atomic E-state index is 12.2. The molecule has 1 rings (SSSR count). The Kier molecular flexibility index (Phi) is 7.68. The van der Waals surface area contributed by atoms with Crippen molar-refractivity contribution in [3.63, 3.8) is 0 Å². The van der Waals surface area contributed by atoms with Crippen molar-refractivity contribution in [1.29, 1.82) is 0 Å². The van der Waals surface area contributed by atoms with Crippen molar-refractivity contribution in [3.8, 4) is 0 Å². The van der Waals surface area contributed by atoms with Crippen molar-refractivity contribution in [1.82, 2.24) is 19.8 Å². The van der Waals surface area contributed by atoms with E-state index in [1.807, 2.05) is 21.1 Å². The Bertz CT molecular complexity index is 436. The smallest absolute Gasteiger partial charge is 0.272 e. The molecule has 1 heterocycles. The lowest BCUT2D eigenvalue weighted by molar-refractivity contribution is 0.0787. The van der Waals surface area contributed by atoms with Crippen LogP contribution in [0, 0.1) is 0 Å². The molecule has 1 amide bonds. The molecule has 0 bridgehead atoms. The molecule has 0 fully saturated rings. The molecule has 0 unspecified atom stereocenters. The molecule has 0 radical (unpaired) electrons. The highest BCUT2D eigenvalue weighted by Gasteiger charge is 2.13. The Balaban J connectivity index is 2.53. The molecule has 1 aromatic heterocycles. The lowest BCUT2D eigenvalue weighted by Crippen LogP contribution is -2.28. The Labute approximate surface area is 127 Å². The first kappa shape index (κ1) is 17.4. The number of anilines is 1. The molecule has 118 valence electrons. The highest BCUT2D eigenvalue weighted by molar-refractivity contribution is 5.92. The summed E-state index contributed by atoms with van der Waals surface area (Å²) in [6.07, 6.45) is 4.70. The van der Waals surface area contributed by atoms with Gasteiger partial charge in [0.15, 0.2) is 0 Å². The van der Waals surface area contributed by atoms with Crippen LogP contribution in [0.1, 0.15) is 36.7 Å². The fraction of sp³-hybridized carbons (Fsp3) is 0.667. The molecule has 6 nitrogen and oxygen atoms in total. The Hall–Kier alpha value is -1.69. The van der Waals surface area contributed by atoms with Gasteiger partial charge in [-0.3, -0.25) is 4.79 Å². The van der Waals surface area contributed by atoms with Gasteiger partial charge in [0, 0.05) is 26.3 Å². The van der Waals surface area contributed by atoms with E-state index >= 15 is 0 Å². The second kappa shape index (κ2) is 9.28. The molecule has 1 N–H and O–H groups in total. The van der Waals surface area contributed by atoms with E-state index in [0.717, 1.165) is 38.9 Å². The predicted octanol–water partition coefficient (Wildman–Crippen LogP) is 1.71. The summed E-state index contributed by atoms with van der Waals surface area (Å²) in [5.41, 5.74) is 0.443. The standard InChI is InChI=1S/C15H27N5O/c1-5-6-12-20(4)14(21)13-8-10-17-15(18-13)16-9-7-11-19(2)3/h8,10H,5-7,9,11-12H2,1-4H3,(H,16,17,18). The van der Waals surface area contributed by atoms with E-state index in [9.17, 15) is 4.79 Å². The van der Waals surface area contributed by atoms with Crippen molar-refractivity contribution >= 4 is 11.9 Å². The van der Waals surface area contributed by atoms with Crippen LogP contribution in [0.2, 0.25) is 0 Å². The zero-order chi connectivity index (χ0) is 15.7. The molecule has 0 aliphatic rings. The van der Waals surface area contributed by atoms with E-state index in [1.54, 1.807) is 17.2 Å². The molecule has 0 aromatic carbocycles. The van der Waals surface area contributed by atoms with Crippen molar-refractivity contribution in [2.24, 2.45) is 0 Å². The van der Waals surface area contributed by atoms with Gasteiger partial charge in [0.25, 0.3) is 5.91 Å². The van der Waals surface area contributed by atoms with Gasteiger partial charge in [-0.2, -0.15) is 0 Å². The summed E-state index contributed by atoms with van der Waals surface area (Å²) < 4.78 is 0. The van der Waals surface area contributed by atoms with Crippen molar-refractivity contribution in [3.05, 3.63) is 18.0 Å². The minimum atomic E-state index is -0.0535. The molecular formula is C15H27N5O. The Morgan fingerprint density at radius 1 is 1.24 bits per heavy atom. The topological polar surface area (TPSA) is 61.4 Å². The van der Waals surface area contributed by atoms with Crippen LogP contribution in [-0.4, -0.2) is 66.5 Å². The van der Waals surface area contributed by atoms with Crippen LogP contribution in [0.3, 0.4) is 0 Å². The number of rotatable bonds is 9. The second-order valence-corrected chi connectivity index (χ2v) is 5.43. The monoisotopic (exact) mass is 293 g/mol. The zero-order valence-electron chi connectivity index (χ0n) is 13.6. The first-order valence-electron chi connectivity index (χ1n) is 7.51. The van der Waals surface area contributed by atoms with E-state index in [-0.39, 0.29) is 5.91 Å². The summed E-state index contributed by atoms with van der Waals surface area (Å²) in [4.78, 5) is 24.5. The second-order valence-electron chi connectivity index (χ2n) is 5.43. The summed E-state index contributed by atoms with van der Waals surface area (Å²) in [6, 6.07) is 1.66. The van der Waals surface area contributed by atoms with E-state index in [0.29, 0.717) is 11.6 Å². The van der Waals surface area contributed by atoms with Gasteiger partial charge in [-0.25, -0.2) is 9.97 Å². The van der Waals surface area contributed by atoms with Gasteiger partial charge in [0.05, 0.1) is 0 Å². The molecule has 0 aliphatic heterocycles. The SMILES string of the molecule is CCCCN(C)C(=O)c1ccnc(NCCCN(C)C)n1. The number of hydrogen-bond acceptors (Lipinski definition) is 5. The van der Waals surface area contributed by atoms with Gasteiger partial charge < -0.3 is 15.1 Å². The van der Waals surface area contributed by atoms with Crippen LogP contribution in [0.15, 0.2) is 12.3 Å². The number of aromatic nitrogens is 2. The lowest BCUT2D eigenvalue weighted by Gasteiger charge is -2.16. The van der Waals surface area contributed by atoms with Crippen LogP contribution in [0.25, 0.3) is 0 Å². The molecule has 0 spiro atoms. The summed E-state index contributed by atoms with van der Waals surface area (Å²) in [6.45, 7) is 4.66. The zero-order valence-corrected chi connectivity index (χ0v) is 13.6. The molecule has 0 atom stereocenters. The van der Waals surface area contributed by atoms with Crippen LogP contribution < -0.4 is 5.32 Å². The minimum Gasteiger partial charge on any atom is -0.354 e. The van der Waals surface area contributed by atoms with Gasteiger partial charge in [-0.15, -0.1) is 0 Å². The normalized spacial score (nSPS) is 10.7. The first-order chi connectivity index (χ1) is 10.0. The average molecular weight is 293 g/mol. The van der Waals surface area contributed by atoms with Gasteiger partial charge in [-0.05, 0) is 39.5 Å². The quantitative estimate of drug-likeness (QED) is 0.702. The molecule has 6 heteroatoms. The molecule has 0 aliphatic carbocycles. The number of hydrogen-bond donors (Lipinski definition) is 1. The molecule has 0 saturated heterocycles. The fourth-order valence-electron chi connectivity index (χ4n) is 1.85. The van der Waals surface area contributed by atoms with Gasteiger partial charge >= 0.3 is 0 Å². The predicted molar refractivity (Wildman–Crippen MR) is 85.6 cm³/mol. The van der Waals surface area contributed by atoms with E-state index in [2.05, 4.69) is 27.1 Å². The number of nitrogens with one attached hydrogen (secondary N) is 1. The third-order valence-corrected chi connectivity index (χ3v) is 3.13. The van der Waals surface area contributed by atoms with Crippen molar-refractivity contribution in [2.75, 3.05) is 46.1 Å². The van der Waals surface area contributed by atoms with Gasteiger partial charge in [0.1, 0.15) is 5.69 Å². The Morgan fingerprint density at radius 3 is 2.67 bits per heavy atom. The van der Waals surface area contributed by atoms with Crippen LogP contribution in [0.4, 0.5) is 5.95 Å². The molecule has 1 aromatic rings. The minimum absolute atomic E-state index is 0.0535. The summed E-state index contributed by atoms with van der Waals surface area (Å²) in [7, 11) is 5.90. The van der Waals surface area contributed by atoms with Crippen LogP contribution >= 0.6 is 0 Å². The molecule has 21 heavy (non-hydrogen) atoms. The van der Waals surface area contributed by atoms with E-state index < -0.39 is 0 Å². The number of unbranched alkanes of at least 4 members (excludes halogenated alkanes) is 1. The van der Waals surface area contributed by atoms with Crippen molar-refractivity contribution < 1.29 is 4.79 Å². The van der Waals surface area contributed by atoms with Gasteiger partial charge in [0.2, 0.25) is 5.95 Å². The largest absolute Gasteiger partial charge is 0.354 e. The summed E-state index contributed by atoms with van der Waals surface area (Å²) in [5.74, 6) is 0.464. The van der Waals surface area contributed by atoms with Gasteiger partial charge in [-0.1, -0.05) is 13.3 Å². The number of nitrogens with zero attached hydrogens (tertiary/aromatic N) is 4. The van der Waals surface area contributed by atoms with E-state index in [1.165, 1.54) is 0 Å². The van der Waals surface area contributed by atoms with Crippen LogP contribution in [-0.2, 0) is 0 Å². The maximum atomic E-state index is 12.2. The maximum Gasteiger partial charge on any atom is 0.272 e. The molecular weight excluding hydrogens is 266 g/mol. The number of amides is 1. The number of carbonyl (C=O) groups excluding carboxylic acids is 1. The Morgan fingerprint density at radius 2 is 2.00 bits per heavy atom. The number of carbonyl (C=O) groups is 1. The molecule has 0 saturated carbocycles. The van der Waals surface area contributed by atoms with Crippen LogP contribution in [0.5, 0.6) is 0 Å². The third kappa shape index (κ3) is 6.53. The van der Waals surface area contributed by atoms with E-state index in [4.69, 9.17) is 0 Å². The third-order valence-electron chi connectivity index (χ3n) is 3.13. The fourth-order valence-corrected chi connectivity index (χ4v) is 1.85. The summed E-state index contributed by atoms with van der Waals surface area (Å²) in [5, 5.41) is 3.16. The highest BCUT2D eigenvalue weighted by atomic mass is 16.2. The summed E-state index contributed by atoms with van der Waals surface area (Å²) >= 11 is 0.